The van der Waals surface area contributed by atoms with Gasteiger partial charge in [-0.1, -0.05) is 0 Å². The highest BCUT2D eigenvalue weighted by Crippen LogP contribution is 2.14. The molecule has 0 unspecified atom stereocenters. The quantitative estimate of drug-likeness (QED) is 0.630. The Kier molecular flexibility index (Phi) is 2.90. The molecule has 0 saturated carbocycles. The Labute approximate surface area is 100 Å². The second-order valence-corrected chi connectivity index (χ2v) is 4.02. The van der Waals surface area contributed by atoms with Gasteiger partial charge in [-0.3, -0.25) is 4.40 Å². The Morgan fingerprint density at radius 3 is 3.20 bits per heavy atom. The molecule has 15 heavy (non-hydrogen) atoms. The van der Waals surface area contributed by atoms with Gasteiger partial charge in [-0.2, -0.15) is 0 Å². The van der Waals surface area contributed by atoms with E-state index in [1.165, 1.54) is 0 Å². The molecular formula is C10H9IN2O2. The van der Waals surface area contributed by atoms with Crippen molar-refractivity contribution in [2.75, 3.05) is 6.61 Å². The molecule has 0 radical (unpaired) electrons. The van der Waals surface area contributed by atoms with Crippen molar-refractivity contribution in [2.45, 2.75) is 6.92 Å². The van der Waals surface area contributed by atoms with Crippen LogP contribution in [0, 0.1) is 3.70 Å². The number of fused-ring (bicyclic) bond motifs is 1. The van der Waals surface area contributed by atoms with Gasteiger partial charge < -0.3 is 4.74 Å². The summed E-state index contributed by atoms with van der Waals surface area (Å²) in [5, 5.41) is 0. The van der Waals surface area contributed by atoms with Crippen LogP contribution < -0.4 is 0 Å². The third kappa shape index (κ3) is 1.83. The fraction of sp³-hybridized carbons (Fsp3) is 0.200. The first-order chi connectivity index (χ1) is 7.24. The zero-order chi connectivity index (χ0) is 10.8. The van der Waals surface area contributed by atoms with E-state index in [4.69, 9.17) is 4.74 Å². The molecule has 0 aliphatic heterocycles. The van der Waals surface area contributed by atoms with Gasteiger partial charge in [0.05, 0.1) is 12.8 Å². The molecule has 78 valence electrons. The van der Waals surface area contributed by atoms with Crippen LogP contribution in [-0.4, -0.2) is 22.0 Å². The SMILES string of the molecule is CCOC(=O)c1cccn2c(I)cnc12. The van der Waals surface area contributed by atoms with Gasteiger partial charge in [-0.05, 0) is 41.6 Å². The average molecular weight is 316 g/mol. The maximum Gasteiger partial charge on any atom is 0.341 e. The lowest BCUT2D eigenvalue weighted by Crippen LogP contribution is -2.06. The van der Waals surface area contributed by atoms with E-state index >= 15 is 0 Å². The van der Waals surface area contributed by atoms with E-state index in [2.05, 4.69) is 27.6 Å². The number of esters is 1. The standard InChI is InChI=1S/C10H9IN2O2/c1-2-15-10(14)7-4-3-5-13-8(11)6-12-9(7)13/h3-6H,2H2,1H3. The first kappa shape index (κ1) is 10.4. The number of hydrogen-bond donors (Lipinski definition) is 0. The molecule has 0 aliphatic carbocycles. The van der Waals surface area contributed by atoms with E-state index in [-0.39, 0.29) is 5.97 Å². The highest BCUT2D eigenvalue weighted by atomic mass is 127. The monoisotopic (exact) mass is 316 g/mol. The molecule has 4 nitrogen and oxygen atoms in total. The lowest BCUT2D eigenvalue weighted by atomic mass is 10.3. The molecule has 2 aromatic rings. The molecule has 2 aromatic heterocycles. The Morgan fingerprint density at radius 2 is 2.47 bits per heavy atom. The maximum atomic E-state index is 11.6. The Morgan fingerprint density at radius 1 is 1.67 bits per heavy atom. The minimum atomic E-state index is -0.329. The van der Waals surface area contributed by atoms with E-state index in [1.807, 2.05) is 16.7 Å². The van der Waals surface area contributed by atoms with Crippen molar-refractivity contribution < 1.29 is 9.53 Å². The van der Waals surface area contributed by atoms with Crippen LogP contribution in [-0.2, 0) is 4.74 Å². The maximum absolute atomic E-state index is 11.6. The van der Waals surface area contributed by atoms with E-state index in [0.717, 1.165) is 3.70 Å². The molecule has 0 bridgehead atoms. The van der Waals surface area contributed by atoms with E-state index < -0.39 is 0 Å². The van der Waals surface area contributed by atoms with Crippen LogP contribution in [0.1, 0.15) is 17.3 Å². The molecule has 0 aliphatic rings. The minimum absolute atomic E-state index is 0.329. The number of pyridine rings is 1. The third-order valence-electron chi connectivity index (χ3n) is 1.99. The predicted octanol–water partition coefficient (Wildman–Crippen LogP) is 2.12. The van der Waals surface area contributed by atoms with Crippen molar-refractivity contribution in [2.24, 2.45) is 0 Å². The largest absolute Gasteiger partial charge is 0.462 e. The number of rotatable bonds is 2. The lowest BCUT2D eigenvalue weighted by molar-refractivity contribution is 0.0528. The van der Waals surface area contributed by atoms with Crippen LogP contribution in [0.4, 0.5) is 0 Å². The summed E-state index contributed by atoms with van der Waals surface area (Å²) in [7, 11) is 0. The van der Waals surface area contributed by atoms with Crippen LogP contribution in [0.25, 0.3) is 5.65 Å². The fourth-order valence-corrected chi connectivity index (χ4v) is 1.88. The highest BCUT2D eigenvalue weighted by Gasteiger charge is 2.13. The molecule has 0 fully saturated rings. The number of carbonyl (C=O) groups excluding carboxylic acids is 1. The van der Waals surface area contributed by atoms with E-state index in [9.17, 15) is 4.79 Å². The smallest absolute Gasteiger partial charge is 0.341 e. The molecule has 0 atom stereocenters. The number of nitrogens with zero attached hydrogens (tertiary/aromatic N) is 2. The molecule has 0 amide bonds. The first-order valence-electron chi connectivity index (χ1n) is 4.52. The van der Waals surface area contributed by atoms with Gasteiger partial charge in [0.15, 0.2) is 5.65 Å². The van der Waals surface area contributed by atoms with Crippen LogP contribution in [0.15, 0.2) is 24.5 Å². The van der Waals surface area contributed by atoms with E-state index in [1.54, 1.807) is 19.2 Å². The van der Waals surface area contributed by atoms with Gasteiger partial charge in [-0.15, -0.1) is 0 Å². The number of ether oxygens (including phenoxy) is 1. The molecule has 0 N–H and O–H groups in total. The summed E-state index contributed by atoms with van der Waals surface area (Å²) in [6.45, 7) is 2.16. The fourth-order valence-electron chi connectivity index (χ4n) is 1.35. The number of carbonyl (C=O) groups is 1. The summed E-state index contributed by atoms with van der Waals surface area (Å²) in [6.07, 6.45) is 3.59. The molecule has 5 heteroatoms. The number of imidazole rings is 1. The highest BCUT2D eigenvalue weighted by molar-refractivity contribution is 14.1. The summed E-state index contributed by atoms with van der Waals surface area (Å²) in [6, 6.07) is 3.53. The lowest BCUT2D eigenvalue weighted by Gasteiger charge is -2.03. The van der Waals surface area contributed by atoms with Crippen molar-refractivity contribution >= 4 is 34.2 Å². The molecule has 2 heterocycles. The molecule has 0 aromatic carbocycles. The summed E-state index contributed by atoms with van der Waals surface area (Å²) >= 11 is 2.16. The normalized spacial score (nSPS) is 10.5. The van der Waals surface area contributed by atoms with Crippen molar-refractivity contribution in [3.63, 3.8) is 0 Å². The number of aromatic nitrogens is 2. The summed E-state index contributed by atoms with van der Waals surface area (Å²) < 4.78 is 7.77. The van der Waals surface area contributed by atoms with Crippen LogP contribution in [0.5, 0.6) is 0 Å². The van der Waals surface area contributed by atoms with Gasteiger partial charge in [0, 0.05) is 6.20 Å². The van der Waals surface area contributed by atoms with Gasteiger partial charge >= 0.3 is 5.97 Å². The van der Waals surface area contributed by atoms with Gasteiger partial charge in [-0.25, -0.2) is 9.78 Å². The van der Waals surface area contributed by atoms with Crippen molar-refractivity contribution in [3.05, 3.63) is 33.8 Å². The van der Waals surface area contributed by atoms with Crippen molar-refractivity contribution in [1.29, 1.82) is 0 Å². The first-order valence-corrected chi connectivity index (χ1v) is 5.60. The second kappa shape index (κ2) is 4.18. The molecule has 0 spiro atoms. The predicted molar refractivity (Wildman–Crippen MR) is 63.9 cm³/mol. The zero-order valence-electron chi connectivity index (χ0n) is 8.11. The van der Waals surface area contributed by atoms with Crippen molar-refractivity contribution in [3.8, 4) is 0 Å². The summed E-state index contributed by atoms with van der Waals surface area (Å²) in [5.41, 5.74) is 1.14. The van der Waals surface area contributed by atoms with Crippen LogP contribution in [0.3, 0.4) is 0 Å². The molecule has 0 saturated heterocycles. The Bertz CT molecular complexity index is 507. The van der Waals surface area contributed by atoms with Gasteiger partial charge in [0.2, 0.25) is 0 Å². The number of halogens is 1. The molecule has 2 rings (SSSR count). The van der Waals surface area contributed by atoms with Crippen LogP contribution in [0.2, 0.25) is 0 Å². The Balaban J connectivity index is 2.56. The van der Waals surface area contributed by atoms with Crippen LogP contribution >= 0.6 is 22.6 Å². The second-order valence-electron chi connectivity index (χ2n) is 2.92. The minimum Gasteiger partial charge on any atom is -0.462 e. The van der Waals surface area contributed by atoms with Crippen molar-refractivity contribution in [1.82, 2.24) is 9.38 Å². The zero-order valence-corrected chi connectivity index (χ0v) is 10.3. The number of hydrogen-bond acceptors (Lipinski definition) is 3. The molecular weight excluding hydrogens is 307 g/mol. The average Bonchev–Trinajstić information content (AvgIpc) is 2.61. The van der Waals surface area contributed by atoms with Gasteiger partial charge in [0.25, 0.3) is 0 Å². The Hall–Kier alpha value is -1.11. The summed E-state index contributed by atoms with van der Waals surface area (Å²) in [5.74, 6) is -0.329. The summed E-state index contributed by atoms with van der Waals surface area (Å²) in [4.78, 5) is 15.8. The van der Waals surface area contributed by atoms with E-state index in [0.29, 0.717) is 17.8 Å². The topological polar surface area (TPSA) is 43.6 Å². The third-order valence-corrected chi connectivity index (χ3v) is 2.78. The van der Waals surface area contributed by atoms with Gasteiger partial charge in [0.1, 0.15) is 9.26 Å².